The molecule has 0 amide bonds. The molecule has 0 spiro atoms. The number of hydrogen-bond donors (Lipinski definition) is 1. The van der Waals surface area contributed by atoms with Crippen LogP contribution in [0, 0.1) is 5.92 Å². The van der Waals surface area contributed by atoms with E-state index in [9.17, 15) is 9.90 Å². The summed E-state index contributed by atoms with van der Waals surface area (Å²) in [5.74, 6) is -0.154. The van der Waals surface area contributed by atoms with Crippen LogP contribution >= 0.6 is 0 Å². The van der Waals surface area contributed by atoms with Gasteiger partial charge in [-0.25, -0.2) is 0 Å². The van der Waals surface area contributed by atoms with Gasteiger partial charge in [0.05, 0.1) is 13.0 Å². The largest absolute Gasteiger partial charge is 0.547 e. The maximum atomic E-state index is 13.2. The van der Waals surface area contributed by atoms with Crippen molar-refractivity contribution in [2.24, 2.45) is 5.92 Å². The van der Waals surface area contributed by atoms with Crippen LogP contribution in [-0.4, -0.2) is 27.2 Å². The lowest BCUT2D eigenvalue weighted by atomic mass is 9.65. The molecule has 36 heavy (non-hydrogen) atoms. The molecule has 0 aliphatic heterocycles. The molecule has 0 saturated heterocycles. The first-order valence-electron chi connectivity index (χ1n) is 12.8. The number of ether oxygens (including phenoxy) is 1. The quantitative estimate of drug-likeness (QED) is 0.357. The monoisotopic (exact) mass is 502 g/mol. The van der Waals surface area contributed by atoms with E-state index in [0.717, 1.165) is 33.8 Å². The minimum atomic E-state index is -1.46. The van der Waals surface area contributed by atoms with Gasteiger partial charge in [-0.05, 0) is 65.4 Å². The summed E-state index contributed by atoms with van der Waals surface area (Å²) in [6.07, 6.45) is 0.651. The Kier molecular flexibility index (Phi) is 7.07. The van der Waals surface area contributed by atoms with Crippen molar-refractivity contribution in [2.75, 3.05) is 7.11 Å². The second-order valence-electron chi connectivity index (χ2n) is 11.1. The van der Waals surface area contributed by atoms with Gasteiger partial charge in [0.1, 0.15) is 11.5 Å². The molecule has 1 N–H and O–H groups in total. The van der Waals surface area contributed by atoms with E-state index in [1.807, 2.05) is 36.4 Å². The first kappa shape index (κ1) is 26.0. The van der Waals surface area contributed by atoms with Gasteiger partial charge in [0.2, 0.25) is 9.04 Å². The molecule has 0 saturated carbocycles. The van der Waals surface area contributed by atoms with Gasteiger partial charge in [-0.3, -0.25) is 4.79 Å². The maximum Gasteiger partial charge on any atom is 0.308 e. The van der Waals surface area contributed by atoms with E-state index in [4.69, 9.17) is 9.16 Å². The minimum absolute atomic E-state index is 0.0417. The SMILES string of the molecule is CCC1(c2ccc(C(C)(C)C)cc2O[SiH](C)C)c2ccccc2C(c2ccc(OC)cc2)C1C(=O)O. The van der Waals surface area contributed by atoms with E-state index in [1.54, 1.807) is 7.11 Å². The summed E-state index contributed by atoms with van der Waals surface area (Å²) in [5, 5.41) is 10.8. The molecule has 3 atom stereocenters. The van der Waals surface area contributed by atoms with E-state index in [0.29, 0.717) is 6.42 Å². The number of benzene rings is 3. The van der Waals surface area contributed by atoms with Gasteiger partial charge < -0.3 is 14.3 Å². The van der Waals surface area contributed by atoms with Crippen LogP contribution in [0.15, 0.2) is 66.7 Å². The Labute approximate surface area is 217 Å². The Morgan fingerprint density at radius 1 is 1.00 bits per heavy atom. The van der Waals surface area contributed by atoms with Gasteiger partial charge >= 0.3 is 5.97 Å². The summed E-state index contributed by atoms with van der Waals surface area (Å²) in [6.45, 7) is 13.0. The highest BCUT2D eigenvalue weighted by Gasteiger charge is 2.57. The summed E-state index contributed by atoms with van der Waals surface area (Å²) in [4.78, 5) is 13.2. The van der Waals surface area contributed by atoms with Crippen LogP contribution in [0.4, 0.5) is 0 Å². The number of carboxylic acid groups (broad SMARTS) is 1. The smallest absolute Gasteiger partial charge is 0.308 e. The van der Waals surface area contributed by atoms with Crippen molar-refractivity contribution in [2.45, 2.75) is 64.0 Å². The molecule has 4 rings (SSSR count). The average molecular weight is 503 g/mol. The summed E-state index contributed by atoms with van der Waals surface area (Å²) in [5.41, 5.74) is 4.55. The topological polar surface area (TPSA) is 55.8 Å². The van der Waals surface area contributed by atoms with Gasteiger partial charge in [-0.2, -0.15) is 0 Å². The number of carboxylic acids is 1. The van der Waals surface area contributed by atoms with Gasteiger partial charge in [0.25, 0.3) is 0 Å². The molecule has 0 bridgehead atoms. The van der Waals surface area contributed by atoms with Gasteiger partial charge in [0, 0.05) is 16.9 Å². The van der Waals surface area contributed by atoms with Gasteiger partial charge in [0.15, 0.2) is 0 Å². The Balaban J connectivity index is 2.02. The Morgan fingerprint density at radius 3 is 2.22 bits per heavy atom. The standard InChI is InChI=1S/C31H38O4Si/c1-8-31(25-18-15-21(30(2,3)4)19-26(25)35-36(6)7)24-12-10-9-11-23(24)27(28(31)29(32)33)20-13-16-22(34-5)17-14-20/h9-19,27-28,36H,8H2,1-7H3,(H,32,33). The highest BCUT2D eigenvalue weighted by atomic mass is 28.3. The molecule has 1 aliphatic carbocycles. The molecule has 0 fully saturated rings. The van der Waals surface area contributed by atoms with Crippen LogP contribution in [0.3, 0.4) is 0 Å². The van der Waals surface area contributed by atoms with Crippen molar-refractivity contribution in [3.63, 3.8) is 0 Å². The lowest BCUT2D eigenvalue weighted by Crippen LogP contribution is -2.39. The second kappa shape index (κ2) is 9.77. The van der Waals surface area contributed by atoms with Crippen molar-refractivity contribution in [3.8, 4) is 11.5 Å². The average Bonchev–Trinajstić information content (AvgIpc) is 3.14. The predicted molar refractivity (Wildman–Crippen MR) is 148 cm³/mol. The van der Waals surface area contributed by atoms with Crippen LogP contribution in [0.5, 0.6) is 11.5 Å². The minimum Gasteiger partial charge on any atom is -0.547 e. The summed E-state index contributed by atoms with van der Waals surface area (Å²) >= 11 is 0. The molecule has 0 heterocycles. The third-order valence-corrected chi connectivity index (χ3v) is 8.36. The molecule has 4 nitrogen and oxygen atoms in total. The number of aliphatic carboxylic acids is 1. The van der Waals surface area contributed by atoms with E-state index in [2.05, 4.69) is 71.1 Å². The third-order valence-electron chi connectivity index (χ3n) is 7.63. The third kappa shape index (κ3) is 4.34. The van der Waals surface area contributed by atoms with E-state index in [1.165, 1.54) is 5.56 Å². The zero-order valence-electron chi connectivity index (χ0n) is 22.5. The van der Waals surface area contributed by atoms with Crippen LogP contribution in [0.1, 0.15) is 67.9 Å². The van der Waals surface area contributed by atoms with Crippen molar-refractivity contribution in [1.82, 2.24) is 0 Å². The van der Waals surface area contributed by atoms with Crippen molar-refractivity contribution in [1.29, 1.82) is 0 Å². The normalized spacial score (nSPS) is 21.3. The van der Waals surface area contributed by atoms with E-state index in [-0.39, 0.29) is 11.3 Å². The molecule has 3 unspecified atom stereocenters. The molecule has 3 aromatic carbocycles. The number of methoxy groups -OCH3 is 1. The molecular weight excluding hydrogens is 464 g/mol. The fourth-order valence-corrected chi connectivity index (χ4v) is 6.67. The van der Waals surface area contributed by atoms with E-state index >= 15 is 0 Å². The number of rotatable bonds is 7. The predicted octanol–water partition coefficient (Wildman–Crippen LogP) is 6.90. The molecule has 0 radical (unpaired) electrons. The molecule has 190 valence electrons. The Morgan fingerprint density at radius 2 is 1.67 bits per heavy atom. The lowest BCUT2D eigenvalue weighted by Gasteiger charge is -2.38. The van der Waals surface area contributed by atoms with E-state index < -0.39 is 26.3 Å². The number of carbonyl (C=O) groups is 1. The van der Waals surface area contributed by atoms with Crippen LogP contribution in [0.2, 0.25) is 13.1 Å². The fraction of sp³-hybridized carbons (Fsp3) is 0.387. The first-order valence-corrected chi connectivity index (χ1v) is 15.6. The van der Waals surface area contributed by atoms with Crippen molar-refractivity contribution in [3.05, 3.63) is 94.5 Å². The van der Waals surface area contributed by atoms with Gasteiger partial charge in [-0.15, -0.1) is 0 Å². The highest BCUT2D eigenvalue weighted by Crippen LogP contribution is 2.60. The van der Waals surface area contributed by atoms with Crippen LogP contribution in [-0.2, 0) is 15.6 Å². The zero-order valence-corrected chi connectivity index (χ0v) is 23.6. The molecule has 0 aromatic heterocycles. The summed E-state index contributed by atoms with van der Waals surface area (Å²) in [7, 11) is 0.180. The number of hydrogen-bond acceptors (Lipinski definition) is 3. The summed E-state index contributed by atoms with van der Waals surface area (Å²) in [6, 6.07) is 22.5. The molecule has 3 aromatic rings. The second-order valence-corrected chi connectivity index (χ2v) is 13.4. The van der Waals surface area contributed by atoms with Crippen LogP contribution < -0.4 is 9.16 Å². The summed E-state index contributed by atoms with van der Waals surface area (Å²) < 4.78 is 11.9. The highest BCUT2D eigenvalue weighted by molar-refractivity contribution is 6.49. The Bertz CT molecular complexity index is 1240. The molecular formula is C31H38O4Si. The van der Waals surface area contributed by atoms with Crippen molar-refractivity contribution < 1.29 is 19.1 Å². The number of fused-ring (bicyclic) bond motifs is 1. The lowest BCUT2D eigenvalue weighted by molar-refractivity contribution is -0.144. The first-order chi connectivity index (χ1) is 17.0. The van der Waals surface area contributed by atoms with Crippen LogP contribution in [0.25, 0.3) is 0 Å². The maximum absolute atomic E-state index is 13.2. The molecule has 5 heteroatoms. The van der Waals surface area contributed by atoms with Crippen molar-refractivity contribution >= 4 is 15.0 Å². The van der Waals surface area contributed by atoms with Gasteiger partial charge in [-0.1, -0.05) is 76.2 Å². The fourth-order valence-electron chi connectivity index (χ4n) is 5.96. The Hall–Kier alpha value is -3.05. The molecule has 1 aliphatic rings. The zero-order chi connectivity index (χ0) is 26.3.